The fourth-order valence-electron chi connectivity index (χ4n) is 6.62. The molecule has 2 aromatic heterocycles. The number of hydrogen-bond acceptors (Lipinski definition) is 7. The Bertz CT molecular complexity index is 1990. The van der Waals surface area contributed by atoms with Gasteiger partial charge in [-0.25, -0.2) is 0 Å². The van der Waals surface area contributed by atoms with E-state index in [4.69, 9.17) is 0 Å². The molecule has 2 atom stereocenters. The molecule has 230 valence electrons. The number of fused-ring (bicyclic) bond motifs is 1. The summed E-state index contributed by atoms with van der Waals surface area (Å²) in [5, 5.41) is 19.3. The van der Waals surface area contributed by atoms with Crippen LogP contribution in [0.4, 0.5) is 17.2 Å². The summed E-state index contributed by atoms with van der Waals surface area (Å²) >= 11 is 0. The Morgan fingerprint density at radius 2 is 1.70 bits per heavy atom. The first-order valence-electron chi connectivity index (χ1n) is 15.3. The highest BCUT2D eigenvalue weighted by atomic mass is 32.2. The maximum atomic E-state index is 14.0. The van der Waals surface area contributed by atoms with Crippen molar-refractivity contribution in [1.29, 1.82) is 5.26 Å². The van der Waals surface area contributed by atoms with E-state index in [0.29, 0.717) is 15.8 Å². The summed E-state index contributed by atoms with van der Waals surface area (Å²) < 4.78 is 17.7. The van der Waals surface area contributed by atoms with Crippen molar-refractivity contribution in [1.82, 2.24) is 14.3 Å². The van der Waals surface area contributed by atoms with E-state index in [1.807, 2.05) is 44.8 Å². The van der Waals surface area contributed by atoms with Gasteiger partial charge < -0.3 is 15.1 Å². The minimum absolute atomic E-state index is 0.0165. The zero-order valence-corrected chi connectivity index (χ0v) is 27.3. The molecule has 4 aromatic rings. The maximum Gasteiger partial charge on any atom is 0.259 e. The van der Waals surface area contributed by atoms with Crippen molar-refractivity contribution in [3.05, 3.63) is 75.3 Å². The van der Waals surface area contributed by atoms with Crippen LogP contribution in [0.2, 0.25) is 0 Å². The van der Waals surface area contributed by atoms with Crippen LogP contribution >= 0.6 is 0 Å². The number of aromatic nitrogens is 3. The van der Waals surface area contributed by atoms with Gasteiger partial charge >= 0.3 is 0 Å². The highest BCUT2D eigenvalue weighted by Crippen LogP contribution is 2.34. The Morgan fingerprint density at radius 3 is 2.32 bits per heavy atom. The molecule has 2 aromatic carbocycles. The molecule has 9 nitrogen and oxygen atoms in total. The first kappa shape index (κ1) is 29.8. The first-order chi connectivity index (χ1) is 21.0. The van der Waals surface area contributed by atoms with E-state index in [1.165, 1.54) is 0 Å². The number of rotatable bonds is 6. The molecule has 0 radical (unpaired) electrons. The van der Waals surface area contributed by atoms with E-state index in [1.54, 1.807) is 23.0 Å². The van der Waals surface area contributed by atoms with Crippen LogP contribution in [0.25, 0.3) is 10.8 Å². The molecule has 44 heavy (non-hydrogen) atoms. The highest BCUT2D eigenvalue weighted by Gasteiger charge is 2.25. The minimum Gasteiger partial charge on any atom is -0.378 e. The molecule has 1 N–H and O–H groups in total. The van der Waals surface area contributed by atoms with Crippen LogP contribution in [0.15, 0.2) is 52.3 Å². The lowest BCUT2D eigenvalue weighted by Gasteiger charge is -2.37. The van der Waals surface area contributed by atoms with Gasteiger partial charge in [-0.05, 0) is 91.7 Å². The number of anilines is 3. The van der Waals surface area contributed by atoms with Crippen molar-refractivity contribution in [2.45, 2.75) is 51.0 Å². The van der Waals surface area contributed by atoms with Gasteiger partial charge in [0, 0.05) is 73.7 Å². The van der Waals surface area contributed by atoms with Crippen LogP contribution in [-0.4, -0.2) is 55.9 Å². The molecule has 1 saturated carbocycles. The fourth-order valence-corrected chi connectivity index (χ4v) is 8.90. The number of piperazine rings is 1. The largest absolute Gasteiger partial charge is 0.378 e. The van der Waals surface area contributed by atoms with Gasteiger partial charge in [0.25, 0.3) is 5.56 Å². The molecule has 2 aliphatic rings. The lowest BCUT2D eigenvalue weighted by atomic mass is 9.97. The van der Waals surface area contributed by atoms with Gasteiger partial charge in [-0.15, -0.1) is 0 Å². The van der Waals surface area contributed by atoms with E-state index >= 15 is 0 Å². The second-order valence-electron chi connectivity index (χ2n) is 12.4. The first-order valence-corrected chi connectivity index (χ1v) is 17.2. The quantitative estimate of drug-likeness (QED) is 0.310. The molecule has 6 rings (SSSR count). The summed E-state index contributed by atoms with van der Waals surface area (Å²) in [6.45, 7) is 9.40. The second-order valence-corrected chi connectivity index (χ2v) is 15.1. The van der Waals surface area contributed by atoms with Crippen molar-refractivity contribution in [2.24, 2.45) is 14.1 Å². The lowest BCUT2D eigenvalue weighted by Crippen LogP contribution is -2.48. The Morgan fingerprint density at radius 1 is 1.00 bits per heavy atom. The van der Waals surface area contributed by atoms with Gasteiger partial charge in [-0.1, -0.05) is 6.07 Å². The average Bonchev–Trinajstić information content (AvgIpc) is 3.31. The Balaban J connectivity index is 1.36. The van der Waals surface area contributed by atoms with E-state index in [-0.39, 0.29) is 11.6 Å². The minimum atomic E-state index is -2.42. The lowest BCUT2D eigenvalue weighted by molar-refractivity contribution is 0.632. The fraction of sp³-hybridized carbons (Fsp3) is 0.412. The molecule has 0 spiro atoms. The Labute approximate surface area is 259 Å². The Hall–Kier alpha value is -4.23. The third kappa shape index (κ3) is 5.23. The summed E-state index contributed by atoms with van der Waals surface area (Å²) in [5.74, 6) is 0.902. The topological polar surface area (TPSA) is 99.2 Å². The van der Waals surface area contributed by atoms with Crippen molar-refractivity contribution >= 4 is 42.4 Å². The van der Waals surface area contributed by atoms with Gasteiger partial charge in [0.15, 0.2) is 0 Å². The zero-order valence-electron chi connectivity index (χ0n) is 26.5. The van der Waals surface area contributed by atoms with Gasteiger partial charge in [-0.2, -0.15) is 10.4 Å². The van der Waals surface area contributed by atoms with Crippen LogP contribution < -0.4 is 20.7 Å². The average molecular weight is 612 g/mol. The second kappa shape index (κ2) is 11.4. The molecule has 0 bridgehead atoms. The number of nitrogens with one attached hydrogen (secondary N) is 1. The molecule has 10 heteroatoms. The summed E-state index contributed by atoms with van der Waals surface area (Å²) in [7, 11) is 1.39. The number of benzene rings is 2. The van der Waals surface area contributed by atoms with E-state index in [9.17, 15) is 14.3 Å². The molecule has 3 heterocycles. The van der Waals surface area contributed by atoms with Crippen LogP contribution in [0.3, 0.4) is 0 Å². The van der Waals surface area contributed by atoms with Crippen molar-refractivity contribution in [2.75, 3.05) is 47.6 Å². The number of hydrogen-bond donors (Lipinski definition) is 1. The maximum absolute atomic E-state index is 14.0. The molecule has 1 unspecified atom stereocenters. The predicted molar refractivity (Wildman–Crippen MR) is 181 cm³/mol. The number of pyridine rings is 1. The smallest absolute Gasteiger partial charge is 0.259 e. The number of nitriles is 1. The Kier molecular flexibility index (Phi) is 7.70. The summed E-state index contributed by atoms with van der Waals surface area (Å²) in [4.78, 5) is 20.2. The van der Waals surface area contributed by atoms with Gasteiger partial charge in [-0.3, -0.25) is 18.3 Å². The molecular formula is C34H41N7O2S. The molecular weight excluding hydrogens is 570 g/mol. The highest BCUT2D eigenvalue weighted by molar-refractivity contribution is 8.02. The van der Waals surface area contributed by atoms with Crippen LogP contribution in [0, 0.1) is 25.2 Å². The zero-order chi connectivity index (χ0) is 31.3. The summed E-state index contributed by atoms with van der Waals surface area (Å²) in [6, 6.07) is 13.7. The SMILES string of the molecule is Cc1cc([C@@H](C)Nc2ccc(C#N)cc2S(C)(=O)=C2CCC2)c2cc(N3CCN(c4cn(C)nc4C)CC3)n(C)c(=O)c2c1. The van der Waals surface area contributed by atoms with Crippen molar-refractivity contribution in [3.8, 4) is 6.07 Å². The van der Waals surface area contributed by atoms with Crippen LogP contribution in [0.5, 0.6) is 0 Å². The van der Waals surface area contributed by atoms with Crippen LogP contribution in [-0.2, 0) is 23.6 Å². The molecule has 1 aliphatic carbocycles. The van der Waals surface area contributed by atoms with Gasteiger partial charge in [0.2, 0.25) is 0 Å². The predicted octanol–water partition coefficient (Wildman–Crippen LogP) is 4.89. The van der Waals surface area contributed by atoms with Crippen molar-refractivity contribution in [3.63, 3.8) is 0 Å². The third-order valence-electron chi connectivity index (χ3n) is 9.27. The van der Waals surface area contributed by atoms with Gasteiger partial charge in [0.05, 0.1) is 33.6 Å². The standard InChI is InChI=1S/C34H41N7O2S/c1-22-16-27(23(2)36-30-11-10-25(20-35)18-32(30)44(6,43)26-8-7-9-26)28-19-33(39(5)34(42)29(28)17-22)41-14-12-40(13-15-41)31-21-38(4)37-24(31)3/h10-11,16-19,21,23,36H,7-9,12-15H2,1-6H3/t23-,44?/m1/s1. The summed E-state index contributed by atoms with van der Waals surface area (Å²) in [5.41, 5.74) is 5.46. The van der Waals surface area contributed by atoms with Crippen LogP contribution in [0.1, 0.15) is 54.6 Å². The number of aryl methyl sites for hydroxylation is 3. The van der Waals surface area contributed by atoms with E-state index in [2.05, 4.69) is 51.5 Å². The number of nitrogens with zero attached hydrogens (tertiary/aromatic N) is 6. The monoisotopic (exact) mass is 611 g/mol. The molecule has 2 fully saturated rings. The third-order valence-corrected chi connectivity index (χ3v) is 12.0. The van der Waals surface area contributed by atoms with E-state index < -0.39 is 9.52 Å². The van der Waals surface area contributed by atoms with E-state index in [0.717, 1.165) is 89.7 Å². The molecule has 0 amide bonds. The normalized spacial score (nSPS) is 17.2. The summed E-state index contributed by atoms with van der Waals surface area (Å²) in [6.07, 6.45) is 6.67. The van der Waals surface area contributed by atoms with Gasteiger partial charge in [0.1, 0.15) is 5.82 Å². The molecule has 1 saturated heterocycles. The van der Waals surface area contributed by atoms with Crippen molar-refractivity contribution < 1.29 is 4.21 Å². The molecule has 1 aliphatic heterocycles.